The van der Waals surface area contributed by atoms with Crippen molar-refractivity contribution >= 4 is 12.0 Å². The summed E-state index contributed by atoms with van der Waals surface area (Å²) in [5.41, 5.74) is -0.619. The van der Waals surface area contributed by atoms with Crippen LogP contribution in [0.2, 0.25) is 0 Å². The molecule has 1 heterocycles. The predicted molar refractivity (Wildman–Crippen MR) is 123 cm³/mol. The molecule has 0 aromatic heterocycles. The number of hydrogen-bond donors (Lipinski definition) is 3. The molecule has 180 valence electrons. The molecule has 0 aromatic carbocycles. The van der Waals surface area contributed by atoms with Gasteiger partial charge in [-0.05, 0) is 65.8 Å². The van der Waals surface area contributed by atoms with Gasteiger partial charge in [-0.1, -0.05) is 39.0 Å². The Morgan fingerprint density at radius 3 is 2.42 bits per heavy atom. The minimum atomic E-state index is -0.641. The van der Waals surface area contributed by atoms with Gasteiger partial charge in [0.1, 0.15) is 11.6 Å². The number of alkyl carbamates (subject to hydrolysis) is 1. The molecule has 4 atom stereocenters. The van der Waals surface area contributed by atoms with Gasteiger partial charge in [0, 0.05) is 12.6 Å². The zero-order valence-corrected chi connectivity index (χ0v) is 20.3. The van der Waals surface area contributed by atoms with Crippen molar-refractivity contribution in [1.29, 1.82) is 0 Å². The van der Waals surface area contributed by atoms with Gasteiger partial charge in [-0.3, -0.25) is 9.69 Å². The number of aliphatic hydroxyl groups excluding tert-OH is 1. The molecule has 0 unspecified atom stereocenters. The minimum absolute atomic E-state index is 0.211. The zero-order valence-electron chi connectivity index (χ0n) is 20.3. The van der Waals surface area contributed by atoms with Crippen LogP contribution >= 0.6 is 0 Å². The Bertz CT molecular complexity index is 572. The summed E-state index contributed by atoms with van der Waals surface area (Å²) >= 11 is 0. The van der Waals surface area contributed by atoms with Crippen molar-refractivity contribution in [1.82, 2.24) is 15.5 Å². The van der Waals surface area contributed by atoms with Gasteiger partial charge in [0.25, 0.3) is 0 Å². The van der Waals surface area contributed by atoms with Gasteiger partial charge < -0.3 is 20.5 Å². The number of amides is 2. The number of carbonyl (C=O) groups excluding carboxylic acids is 2. The van der Waals surface area contributed by atoms with E-state index in [-0.39, 0.29) is 11.9 Å². The van der Waals surface area contributed by atoms with Crippen LogP contribution in [0.5, 0.6) is 0 Å². The second kappa shape index (κ2) is 12.0. The summed E-state index contributed by atoms with van der Waals surface area (Å²) in [6, 6.07) is -0.557. The largest absolute Gasteiger partial charge is 0.444 e. The first-order chi connectivity index (χ1) is 14.6. The zero-order chi connectivity index (χ0) is 23.0. The number of likely N-dealkylation sites (tertiary alicyclic amines) is 1. The van der Waals surface area contributed by atoms with Gasteiger partial charge in [0.2, 0.25) is 5.91 Å². The van der Waals surface area contributed by atoms with E-state index in [1.807, 2.05) is 20.8 Å². The highest BCUT2D eigenvalue weighted by Gasteiger charge is 2.33. The van der Waals surface area contributed by atoms with E-state index < -0.39 is 23.8 Å². The summed E-state index contributed by atoms with van der Waals surface area (Å²) in [4.78, 5) is 27.9. The van der Waals surface area contributed by atoms with Gasteiger partial charge in [-0.15, -0.1) is 0 Å². The molecule has 2 aliphatic rings. The Morgan fingerprint density at radius 1 is 1.13 bits per heavy atom. The van der Waals surface area contributed by atoms with Crippen LogP contribution in [0, 0.1) is 5.92 Å². The lowest BCUT2D eigenvalue weighted by Crippen LogP contribution is -2.54. The van der Waals surface area contributed by atoms with E-state index in [0.29, 0.717) is 24.9 Å². The van der Waals surface area contributed by atoms with Crippen LogP contribution in [0.1, 0.15) is 92.4 Å². The van der Waals surface area contributed by atoms with E-state index in [4.69, 9.17) is 4.74 Å². The predicted octanol–water partition coefficient (Wildman–Crippen LogP) is 3.59. The fourth-order valence-corrected chi connectivity index (χ4v) is 4.83. The third kappa shape index (κ3) is 8.97. The average molecular weight is 440 g/mol. The number of rotatable bonds is 7. The molecule has 7 nitrogen and oxygen atoms in total. The van der Waals surface area contributed by atoms with E-state index in [1.165, 1.54) is 19.3 Å². The Hall–Kier alpha value is -1.34. The molecule has 0 radical (unpaired) electrons. The standard InChI is InChI=1S/C24H45N3O4/c1-6-14-27-16-21(28)19(13-12-17(27)2)25-22(29)20(15-18-10-8-7-9-11-18)26-23(30)31-24(3,4)5/h17-21,28H,6-16H2,1-5H3,(H,25,29)(H,26,30)/t17-,19+,20+,21+/m1/s1. The summed E-state index contributed by atoms with van der Waals surface area (Å²) in [7, 11) is 0. The summed E-state index contributed by atoms with van der Waals surface area (Å²) in [6.07, 6.45) is 7.92. The van der Waals surface area contributed by atoms with E-state index >= 15 is 0 Å². The molecule has 2 amide bonds. The van der Waals surface area contributed by atoms with Crippen LogP contribution in [0.15, 0.2) is 0 Å². The molecule has 3 N–H and O–H groups in total. The smallest absolute Gasteiger partial charge is 0.408 e. The number of nitrogens with zero attached hydrogens (tertiary/aromatic N) is 1. The van der Waals surface area contributed by atoms with Crippen molar-refractivity contribution in [3.05, 3.63) is 0 Å². The highest BCUT2D eigenvalue weighted by atomic mass is 16.6. The summed E-state index contributed by atoms with van der Waals surface area (Å²) in [6.45, 7) is 11.3. The second-order valence-corrected chi connectivity index (χ2v) is 10.5. The molecule has 0 spiro atoms. The Labute approximate surface area is 188 Å². The summed E-state index contributed by atoms with van der Waals surface area (Å²) in [5, 5.41) is 16.7. The van der Waals surface area contributed by atoms with Crippen LogP contribution in [-0.4, -0.2) is 64.9 Å². The maximum Gasteiger partial charge on any atom is 0.408 e. The molecule has 1 aliphatic carbocycles. The number of aliphatic hydroxyl groups is 1. The quantitative estimate of drug-likeness (QED) is 0.564. The van der Waals surface area contributed by atoms with Gasteiger partial charge in [-0.25, -0.2) is 4.79 Å². The first-order valence-corrected chi connectivity index (χ1v) is 12.3. The molecule has 1 saturated carbocycles. The van der Waals surface area contributed by atoms with Crippen molar-refractivity contribution in [3.63, 3.8) is 0 Å². The Balaban J connectivity index is 2.03. The fourth-order valence-electron chi connectivity index (χ4n) is 4.83. The number of β-amino-alcohol motifs (C(OH)–C–C–N with tert-alkyl or cyclic N) is 1. The number of nitrogens with one attached hydrogen (secondary N) is 2. The lowest BCUT2D eigenvalue weighted by atomic mass is 9.84. The first-order valence-electron chi connectivity index (χ1n) is 12.3. The number of hydrogen-bond acceptors (Lipinski definition) is 5. The lowest BCUT2D eigenvalue weighted by Gasteiger charge is -2.30. The van der Waals surface area contributed by atoms with Crippen molar-refractivity contribution in [2.24, 2.45) is 5.92 Å². The normalized spacial score (nSPS) is 27.2. The maximum atomic E-state index is 13.2. The molecule has 0 aromatic rings. The molecule has 2 fully saturated rings. The molecular formula is C24H45N3O4. The third-order valence-electron chi connectivity index (χ3n) is 6.54. The summed E-state index contributed by atoms with van der Waals surface area (Å²) in [5.74, 6) is 0.218. The van der Waals surface area contributed by atoms with Gasteiger partial charge in [0.15, 0.2) is 0 Å². The number of carbonyl (C=O) groups is 2. The van der Waals surface area contributed by atoms with E-state index in [2.05, 4.69) is 29.4 Å². The Kier molecular flexibility index (Phi) is 10.1. The minimum Gasteiger partial charge on any atom is -0.444 e. The van der Waals surface area contributed by atoms with E-state index in [1.54, 1.807) is 0 Å². The molecule has 31 heavy (non-hydrogen) atoms. The van der Waals surface area contributed by atoms with Crippen LogP contribution in [0.3, 0.4) is 0 Å². The monoisotopic (exact) mass is 439 g/mol. The van der Waals surface area contributed by atoms with Gasteiger partial charge >= 0.3 is 6.09 Å². The molecule has 2 rings (SSSR count). The Morgan fingerprint density at radius 2 is 1.81 bits per heavy atom. The SMILES string of the molecule is CCCN1C[C@H](O)[C@@H](NC(=O)[C@H](CC2CCCCC2)NC(=O)OC(C)(C)C)CC[C@H]1C. The molecule has 1 aliphatic heterocycles. The van der Waals surface area contributed by atoms with Crippen LogP contribution in [0.4, 0.5) is 4.79 Å². The highest BCUT2D eigenvalue weighted by Crippen LogP contribution is 2.28. The van der Waals surface area contributed by atoms with Gasteiger partial charge in [0.05, 0.1) is 12.1 Å². The van der Waals surface area contributed by atoms with E-state index in [9.17, 15) is 14.7 Å². The molecular weight excluding hydrogens is 394 g/mol. The van der Waals surface area contributed by atoms with E-state index in [0.717, 1.165) is 38.6 Å². The van der Waals surface area contributed by atoms with Crippen LogP contribution < -0.4 is 10.6 Å². The van der Waals surface area contributed by atoms with Crippen LogP contribution in [-0.2, 0) is 9.53 Å². The van der Waals surface area contributed by atoms with Crippen molar-refractivity contribution in [2.45, 2.75) is 122 Å². The first kappa shape index (κ1) is 25.9. The van der Waals surface area contributed by atoms with Crippen molar-refractivity contribution in [3.8, 4) is 0 Å². The topological polar surface area (TPSA) is 90.9 Å². The average Bonchev–Trinajstić information content (AvgIpc) is 2.80. The number of ether oxygens (including phenoxy) is 1. The highest BCUT2D eigenvalue weighted by molar-refractivity contribution is 5.86. The molecule has 1 saturated heterocycles. The van der Waals surface area contributed by atoms with Gasteiger partial charge in [-0.2, -0.15) is 0 Å². The fraction of sp³-hybridized carbons (Fsp3) is 0.917. The van der Waals surface area contributed by atoms with Crippen molar-refractivity contribution in [2.75, 3.05) is 13.1 Å². The third-order valence-corrected chi connectivity index (χ3v) is 6.54. The molecule has 0 bridgehead atoms. The maximum absolute atomic E-state index is 13.2. The lowest BCUT2D eigenvalue weighted by molar-refractivity contribution is -0.125. The van der Waals surface area contributed by atoms with Crippen molar-refractivity contribution < 1.29 is 19.4 Å². The summed E-state index contributed by atoms with van der Waals surface area (Å²) < 4.78 is 5.41. The van der Waals surface area contributed by atoms with Crippen LogP contribution in [0.25, 0.3) is 0 Å². The molecule has 7 heteroatoms. The second-order valence-electron chi connectivity index (χ2n) is 10.5.